The summed E-state index contributed by atoms with van der Waals surface area (Å²) in [5.74, 6) is 2.15. The molecular formula is C18H26N4O2. The molecule has 2 aliphatic heterocycles. The van der Waals surface area contributed by atoms with Crippen molar-refractivity contribution in [1.29, 1.82) is 0 Å². The van der Waals surface area contributed by atoms with Crippen LogP contribution in [0.15, 0.2) is 12.1 Å². The second-order valence-electron chi connectivity index (χ2n) is 7.42. The molecule has 0 bridgehead atoms. The third-order valence-corrected chi connectivity index (χ3v) is 5.58. The van der Waals surface area contributed by atoms with E-state index in [1.54, 1.807) is 0 Å². The van der Waals surface area contributed by atoms with Crippen molar-refractivity contribution in [3.05, 3.63) is 17.8 Å². The number of aromatic nitrogens is 2. The Labute approximate surface area is 143 Å². The van der Waals surface area contributed by atoms with Crippen molar-refractivity contribution >= 4 is 11.7 Å². The summed E-state index contributed by atoms with van der Waals surface area (Å²) < 4.78 is 5.96. The predicted molar refractivity (Wildman–Crippen MR) is 90.7 cm³/mol. The van der Waals surface area contributed by atoms with E-state index < -0.39 is 0 Å². The second kappa shape index (κ2) is 6.67. The third-order valence-electron chi connectivity index (χ3n) is 5.58. The van der Waals surface area contributed by atoms with Gasteiger partial charge < -0.3 is 15.0 Å². The minimum Gasteiger partial charge on any atom is -0.378 e. The number of fused-ring (bicyclic) bond motifs is 1. The summed E-state index contributed by atoms with van der Waals surface area (Å²) in [6, 6.07) is 4.01. The van der Waals surface area contributed by atoms with E-state index >= 15 is 0 Å². The lowest BCUT2D eigenvalue weighted by Crippen LogP contribution is -2.53. The van der Waals surface area contributed by atoms with E-state index in [0.29, 0.717) is 6.61 Å². The van der Waals surface area contributed by atoms with E-state index in [2.05, 4.69) is 20.4 Å². The molecule has 24 heavy (non-hydrogen) atoms. The second-order valence-corrected chi connectivity index (χ2v) is 7.42. The number of hydrogen-bond donors (Lipinski definition) is 1. The maximum atomic E-state index is 12.7. The molecule has 6 heteroatoms. The number of nitrogens with one attached hydrogen (secondary N) is 1. The number of nitrogens with zero attached hydrogens (tertiary/aromatic N) is 3. The average Bonchev–Trinajstić information content (AvgIpc) is 3.44. The first-order valence-electron chi connectivity index (χ1n) is 9.15. The zero-order chi connectivity index (χ0) is 16.5. The number of aryl methyl sites for hydroxylation is 1. The quantitative estimate of drug-likeness (QED) is 0.907. The molecule has 0 aromatic carbocycles. The normalized spacial score (nSPS) is 29.9. The van der Waals surface area contributed by atoms with Gasteiger partial charge >= 0.3 is 0 Å². The minimum atomic E-state index is 0.0590. The lowest BCUT2D eigenvalue weighted by atomic mass is 9.79. The van der Waals surface area contributed by atoms with E-state index in [0.717, 1.165) is 49.9 Å². The van der Waals surface area contributed by atoms with Gasteiger partial charge in [0.1, 0.15) is 0 Å². The van der Waals surface area contributed by atoms with E-state index in [9.17, 15) is 4.79 Å². The number of carbonyl (C=O) groups excluding carboxylic acids is 1. The molecule has 1 saturated carbocycles. The van der Waals surface area contributed by atoms with Crippen LogP contribution in [0.1, 0.15) is 31.4 Å². The molecule has 1 aromatic rings. The van der Waals surface area contributed by atoms with Crippen LogP contribution in [-0.2, 0) is 9.53 Å². The Kier molecular flexibility index (Phi) is 4.39. The third kappa shape index (κ3) is 3.38. The summed E-state index contributed by atoms with van der Waals surface area (Å²) in [6.07, 6.45) is 4.50. The molecule has 3 heterocycles. The monoisotopic (exact) mass is 330 g/mol. The van der Waals surface area contributed by atoms with Gasteiger partial charge in [-0.1, -0.05) is 0 Å². The topological polar surface area (TPSA) is 67.3 Å². The summed E-state index contributed by atoms with van der Waals surface area (Å²) in [7, 11) is 0. The van der Waals surface area contributed by atoms with Gasteiger partial charge in [0.2, 0.25) is 5.91 Å². The van der Waals surface area contributed by atoms with Gasteiger partial charge in [0.25, 0.3) is 0 Å². The van der Waals surface area contributed by atoms with Crippen molar-refractivity contribution in [2.24, 2.45) is 17.8 Å². The van der Waals surface area contributed by atoms with Crippen LogP contribution >= 0.6 is 0 Å². The van der Waals surface area contributed by atoms with Gasteiger partial charge in [-0.2, -0.15) is 5.10 Å². The van der Waals surface area contributed by atoms with Crippen LogP contribution in [0.2, 0.25) is 0 Å². The smallest absolute Gasteiger partial charge is 0.223 e. The molecule has 6 nitrogen and oxygen atoms in total. The molecule has 4 rings (SSSR count). The van der Waals surface area contributed by atoms with Gasteiger partial charge in [0.05, 0.1) is 11.8 Å². The zero-order valence-corrected chi connectivity index (χ0v) is 14.3. The van der Waals surface area contributed by atoms with Crippen LogP contribution in [0.3, 0.4) is 0 Å². The maximum Gasteiger partial charge on any atom is 0.223 e. The number of amides is 1. The molecule has 2 saturated heterocycles. The molecule has 0 spiro atoms. The lowest BCUT2D eigenvalue weighted by Gasteiger charge is -2.44. The van der Waals surface area contributed by atoms with Crippen LogP contribution in [0.5, 0.6) is 0 Å². The van der Waals surface area contributed by atoms with Gasteiger partial charge in [0, 0.05) is 38.1 Å². The maximum absolute atomic E-state index is 12.7. The number of carbonyl (C=O) groups is 1. The van der Waals surface area contributed by atoms with Crippen molar-refractivity contribution in [3.63, 3.8) is 0 Å². The first kappa shape index (κ1) is 15.8. The van der Waals surface area contributed by atoms with Crippen molar-refractivity contribution in [2.45, 2.75) is 38.7 Å². The number of piperidine rings is 1. The van der Waals surface area contributed by atoms with Crippen molar-refractivity contribution in [1.82, 2.24) is 15.5 Å². The highest BCUT2D eigenvalue weighted by Gasteiger charge is 2.42. The number of anilines is 1. The van der Waals surface area contributed by atoms with Gasteiger partial charge in [-0.25, -0.2) is 0 Å². The number of rotatable bonds is 4. The molecule has 3 fully saturated rings. The Morgan fingerprint density at radius 3 is 2.92 bits per heavy atom. The molecule has 1 amide bonds. The Balaban J connectivity index is 1.44. The Hall–Kier alpha value is -1.69. The first-order chi connectivity index (χ1) is 11.7. The Morgan fingerprint density at radius 1 is 1.29 bits per heavy atom. The summed E-state index contributed by atoms with van der Waals surface area (Å²) >= 11 is 0. The van der Waals surface area contributed by atoms with Crippen molar-refractivity contribution in [2.75, 3.05) is 31.1 Å². The molecular weight excluding hydrogens is 304 g/mol. The highest BCUT2D eigenvalue weighted by Crippen LogP contribution is 2.35. The van der Waals surface area contributed by atoms with Gasteiger partial charge in [-0.15, -0.1) is 5.10 Å². The average molecular weight is 330 g/mol. The summed E-state index contributed by atoms with van der Waals surface area (Å²) in [4.78, 5) is 14.9. The molecule has 0 unspecified atom stereocenters. The van der Waals surface area contributed by atoms with Crippen molar-refractivity contribution < 1.29 is 9.53 Å². The fourth-order valence-corrected chi connectivity index (χ4v) is 3.91. The molecule has 1 aromatic heterocycles. The van der Waals surface area contributed by atoms with Gasteiger partial charge in [-0.05, 0) is 50.7 Å². The van der Waals surface area contributed by atoms with Crippen LogP contribution < -0.4 is 10.2 Å². The molecule has 0 radical (unpaired) electrons. The zero-order valence-electron chi connectivity index (χ0n) is 14.3. The Bertz CT molecular complexity index is 587. The summed E-state index contributed by atoms with van der Waals surface area (Å²) in [6.45, 7) is 5.23. The first-order valence-corrected chi connectivity index (χ1v) is 9.15. The van der Waals surface area contributed by atoms with Gasteiger partial charge in [-0.3, -0.25) is 4.79 Å². The number of ether oxygens (including phenoxy) is 1. The highest BCUT2D eigenvalue weighted by molar-refractivity contribution is 5.79. The fraction of sp³-hybridized carbons (Fsp3) is 0.722. The van der Waals surface area contributed by atoms with Crippen LogP contribution in [0.25, 0.3) is 0 Å². The van der Waals surface area contributed by atoms with E-state index in [-0.39, 0.29) is 23.8 Å². The Morgan fingerprint density at radius 2 is 2.17 bits per heavy atom. The van der Waals surface area contributed by atoms with Crippen LogP contribution in [0.4, 0.5) is 5.82 Å². The summed E-state index contributed by atoms with van der Waals surface area (Å²) in [5.41, 5.74) is 0.923. The predicted octanol–water partition coefficient (Wildman–Crippen LogP) is 1.54. The number of hydrogen-bond acceptors (Lipinski definition) is 5. The largest absolute Gasteiger partial charge is 0.378 e. The van der Waals surface area contributed by atoms with Crippen molar-refractivity contribution in [3.8, 4) is 0 Å². The van der Waals surface area contributed by atoms with E-state index in [4.69, 9.17) is 4.74 Å². The SMILES string of the molecule is Cc1ccc(N2CC[C@H]3OCC[C@@H](C(=O)NCC4CC4)[C@@H]3C2)nn1. The van der Waals surface area contributed by atoms with E-state index in [1.165, 1.54) is 12.8 Å². The minimum absolute atomic E-state index is 0.0590. The van der Waals surface area contributed by atoms with Crippen LogP contribution in [-0.4, -0.2) is 48.4 Å². The standard InChI is InChI=1S/C18H26N4O2/c1-12-2-5-17(21-20-12)22-8-6-16-15(11-22)14(7-9-24-16)18(23)19-10-13-3-4-13/h2,5,13-16H,3-4,6-11H2,1H3,(H,19,23)/t14-,15+,16-/m1/s1. The summed E-state index contributed by atoms with van der Waals surface area (Å²) in [5, 5.41) is 11.6. The highest BCUT2D eigenvalue weighted by atomic mass is 16.5. The fourth-order valence-electron chi connectivity index (χ4n) is 3.91. The van der Waals surface area contributed by atoms with Gasteiger partial charge in [0.15, 0.2) is 5.82 Å². The van der Waals surface area contributed by atoms with E-state index in [1.807, 2.05) is 19.1 Å². The molecule has 3 aliphatic rings. The molecule has 1 aliphatic carbocycles. The lowest BCUT2D eigenvalue weighted by molar-refractivity contribution is -0.137. The molecule has 3 atom stereocenters. The molecule has 1 N–H and O–H groups in total. The molecule has 130 valence electrons. The van der Waals surface area contributed by atoms with Crippen LogP contribution in [0, 0.1) is 24.7 Å².